The van der Waals surface area contributed by atoms with Crippen LogP contribution in [-0.2, 0) is 4.74 Å². The van der Waals surface area contributed by atoms with Crippen LogP contribution in [-0.4, -0.2) is 28.6 Å². The molecule has 0 saturated heterocycles. The van der Waals surface area contributed by atoms with E-state index in [-0.39, 0.29) is 18.1 Å². The molecule has 0 aliphatic carbocycles. The molecular weight excluding hydrogens is 268 g/mol. The van der Waals surface area contributed by atoms with E-state index in [4.69, 9.17) is 4.74 Å². The molecular formula is C16H12N2O3. The molecule has 3 aromatic rings. The molecule has 104 valence electrons. The molecule has 0 saturated carbocycles. The maximum atomic E-state index is 12.0. The summed E-state index contributed by atoms with van der Waals surface area (Å²) in [5.41, 5.74) is 1.45. The third kappa shape index (κ3) is 2.67. The van der Waals surface area contributed by atoms with Gasteiger partial charge in [0.25, 0.3) is 0 Å². The summed E-state index contributed by atoms with van der Waals surface area (Å²) in [5, 5.41) is 7.36. The first-order valence-corrected chi connectivity index (χ1v) is 6.44. The second-order valence-corrected chi connectivity index (χ2v) is 4.48. The average molecular weight is 280 g/mol. The number of benzene rings is 2. The van der Waals surface area contributed by atoms with Crippen molar-refractivity contribution in [3.63, 3.8) is 0 Å². The number of nitrogens with one attached hydrogen (secondary N) is 1. The monoisotopic (exact) mass is 280 g/mol. The molecule has 0 atom stereocenters. The van der Waals surface area contributed by atoms with Crippen molar-refractivity contribution in [1.82, 2.24) is 10.2 Å². The lowest BCUT2D eigenvalue weighted by Crippen LogP contribution is -2.14. The van der Waals surface area contributed by atoms with E-state index in [1.807, 2.05) is 24.3 Å². The highest BCUT2D eigenvalue weighted by atomic mass is 16.5. The fourth-order valence-electron chi connectivity index (χ4n) is 2.03. The number of carbonyl (C=O) groups excluding carboxylic acids is 2. The van der Waals surface area contributed by atoms with E-state index >= 15 is 0 Å². The minimum absolute atomic E-state index is 0.187. The topological polar surface area (TPSA) is 72.1 Å². The van der Waals surface area contributed by atoms with Crippen LogP contribution >= 0.6 is 0 Å². The number of carbonyl (C=O) groups is 2. The lowest BCUT2D eigenvalue weighted by atomic mass is 10.1. The third-order valence-electron chi connectivity index (χ3n) is 3.09. The van der Waals surface area contributed by atoms with Gasteiger partial charge >= 0.3 is 5.97 Å². The number of fused-ring (bicyclic) bond motifs is 1. The number of rotatable bonds is 4. The summed E-state index contributed by atoms with van der Waals surface area (Å²) in [5.74, 6) is -0.861. The highest BCUT2D eigenvalue weighted by Crippen LogP contribution is 2.15. The Morgan fingerprint density at radius 1 is 1.00 bits per heavy atom. The molecule has 0 aliphatic rings. The predicted octanol–water partition coefficient (Wildman–Crippen LogP) is 2.60. The van der Waals surface area contributed by atoms with Gasteiger partial charge in [0, 0.05) is 10.9 Å². The first kappa shape index (κ1) is 13.1. The summed E-state index contributed by atoms with van der Waals surface area (Å²) in [6.07, 6.45) is 0. The van der Waals surface area contributed by atoms with Crippen molar-refractivity contribution in [3.05, 3.63) is 65.9 Å². The van der Waals surface area contributed by atoms with Crippen LogP contribution in [0.4, 0.5) is 0 Å². The lowest BCUT2D eigenvalue weighted by molar-refractivity contribution is 0.0471. The zero-order valence-corrected chi connectivity index (χ0v) is 11.1. The van der Waals surface area contributed by atoms with Crippen LogP contribution in [0, 0.1) is 0 Å². The number of H-pyrrole nitrogens is 1. The fraction of sp³-hybridized carbons (Fsp3) is 0.0625. The van der Waals surface area contributed by atoms with Gasteiger partial charge in [-0.05, 0) is 6.07 Å². The molecule has 0 fully saturated rings. The number of aromatic nitrogens is 2. The third-order valence-corrected chi connectivity index (χ3v) is 3.09. The molecule has 0 spiro atoms. The minimum atomic E-state index is -0.614. The predicted molar refractivity (Wildman–Crippen MR) is 77.1 cm³/mol. The summed E-state index contributed by atoms with van der Waals surface area (Å²) in [7, 11) is 0. The van der Waals surface area contributed by atoms with Crippen LogP contribution in [0.3, 0.4) is 0 Å². The molecule has 1 aromatic heterocycles. The van der Waals surface area contributed by atoms with E-state index in [1.165, 1.54) is 0 Å². The normalized spacial score (nSPS) is 10.5. The van der Waals surface area contributed by atoms with Crippen molar-refractivity contribution < 1.29 is 14.3 Å². The van der Waals surface area contributed by atoms with Crippen molar-refractivity contribution in [3.8, 4) is 0 Å². The number of para-hydroxylation sites is 1. The maximum absolute atomic E-state index is 12.0. The van der Waals surface area contributed by atoms with Crippen LogP contribution in [0.25, 0.3) is 10.9 Å². The van der Waals surface area contributed by atoms with Crippen molar-refractivity contribution in [1.29, 1.82) is 0 Å². The van der Waals surface area contributed by atoms with Crippen LogP contribution in [0.2, 0.25) is 0 Å². The molecule has 21 heavy (non-hydrogen) atoms. The Morgan fingerprint density at radius 2 is 1.71 bits per heavy atom. The molecule has 5 nitrogen and oxygen atoms in total. The highest BCUT2D eigenvalue weighted by Gasteiger charge is 2.17. The summed E-state index contributed by atoms with van der Waals surface area (Å²) in [6, 6.07) is 15.9. The summed E-state index contributed by atoms with van der Waals surface area (Å²) in [6.45, 7) is -0.302. The molecule has 0 amide bonds. The van der Waals surface area contributed by atoms with Gasteiger partial charge in [0.15, 0.2) is 18.1 Å². The number of hydrogen-bond donors (Lipinski definition) is 1. The molecule has 0 unspecified atom stereocenters. The Kier molecular flexibility index (Phi) is 3.47. The van der Waals surface area contributed by atoms with E-state index in [1.54, 1.807) is 30.3 Å². The number of hydrogen-bond acceptors (Lipinski definition) is 4. The molecule has 2 aromatic carbocycles. The molecule has 0 radical (unpaired) electrons. The molecule has 5 heteroatoms. The largest absolute Gasteiger partial charge is 0.452 e. The first-order chi connectivity index (χ1) is 10.3. The minimum Gasteiger partial charge on any atom is -0.452 e. The van der Waals surface area contributed by atoms with Gasteiger partial charge in [0.1, 0.15) is 0 Å². The molecule has 1 N–H and O–H groups in total. The summed E-state index contributed by atoms with van der Waals surface area (Å²) >= 11 is 0. The Labute approximate surface area is 120 Å². The van der Waals surface area contributed by atoms with Crippen LogP contribution in [0.15, 0.2) is 54.6 Å². The quantitative estimate of drug-likeness (QED) is 0.589. The zero-order valence-electron chi connectivity index (χ0n) is 11.1. The van der Waals surface area contributed by atoms with Gasteiger partial charge in [0.2, 0.25) is 0 Å². The van der Waals surface area contributed by atoms with Gasteiger partial charge in [-0.25, -0.2) is 4.79 Å². The van der Waals surface area contributed by atoms with E-state index in [0.717, 1.165) is 5.52 Å². The fourth-order valence-corrected chi connectivity index (χ4v) is 2.03. The SMILES string of the molecule is O=C(COC(=O)c1n[nH]c2ccccc12)c1ccccc1. The standard InChI is InChI=1S/C16H12N2O3/c19-14(11-6-2-1-3-7-11)10-21-16(20)15-12-8-4-5-9-13(12)17-18-15/h1-9H,10H2,(H,17,18). The van der Waals surface area contributed by atoms with E-state index in [2.05, 4.69) is 10.2 Å². The van der Waals surface area contributed by atoms with Crippen LogP contribution in [0.1, 0.15) is 20.8 Å². The van der Waals surface area contributed by atoms with Gasteiger partial charge in [-0.15, -0.1) is 0 Å². The van der Waals surface area contributed by atoms with Gasteiger partial charge in [-0.2, -0.15) is 5.10 Å². The number of nitrogens with zero attached hydrogens (tertiary/aromatic N) is 1. The first-order valence-electron chi connectivity index (χ1n) is 6.44. The van der Waals surface area contributed by atoms with Gasteiger partial charge in [-0.1, -0.05) is 48.5 Å². The van der Waals surface area contributed by atoms with E-state index in [9.17, 15) is 9.59 Å². The molecule has 0 bridgehead atoms. The van der Waals surface area contributed by atoms with Gasteiger partial charge in [0.05, 0.1) is 5.52 Å². The van der Waals surface area contributed by atoms with E-state index < -0.39 is 5.97 Å². The Balaban J connectivity index is 1.71. The highest BCUT2D eigenvalue weighted by molar-refractivity contribution is 6.03. The Hall–Kier alpha value is -2.95. The van der Waals surface area contributed by atoms with Crippen LogP contribution < -0.4 is 0 Å². The molecule has 3 rings (SSSR count). The van der Waals surface area contributed by atoms with Gasteiger partial charge in [-0.3, -0.25) is 9.89 Å². The number of ether oxygens (including phenoxy) is 1. The van der Waals surface area contributed by atoms with Crippen molar-refractivity contribution in [2.24, 2.45) is 0 Å². The second-order valence-electron chi connectivity index (χ2n) is 4.48. The lowest BCUT2D eigenvalue weighted by Gasteiger charge is -2.02. The Morgan fingerprint density at radius 3 is 2.52 bits per heavy atom. The van der Waals surface area contributed by atoms with Crippen molar-refractivity contribution in [2.75, 3.05) is 6.61 Å². The number of esters is 1. The van der Waals surface area contributed by atoms with Gasteiger partial charge < -0.3 is 4.74 Å². The second kappa shape index (κ2) is 5.58. The number of aromatic amines is 1. The number of ketones is 1. The maximum Gasteiger partial charge on any atom is 0.359 e. The molecule has 1 heterocycles. The van der Waals surface area contributed by atoms with E-state index in [0.29, 0.717) is 10.9 Å². The number of Topliss-reactive ketones (excluding diaryl/α,β-unsaturated/α-hetero) is 1. The van der Waals surface area contributed by atoms with Crippen LogP contribution in [0.5, 0.6) is 0 Å². The zero-order chi connectivity index (χ0) is 14.7. The average Bonchev–Trinajstić information content (AvgIpc) is 2.97. The van der Waals surface area contributed by atoms with Crippen molar-refractivity contribution in [2.45, 2.75) is 0 Å². The summed E-state index contributed by atoms with van der Waals surface area (Å²) < 4.78 is 5.04. The Bertz CT molecular complexity index is 793. The summed E-state index contributed by atoms with van der Waals surface area (Å²) in [4.78, 5) is 23.9. The smallest absolute Gasteiger partial charge is 0.359 e. The molecule has 0 aliphatic heterocycles. The van der Waals surface area contributed by atoms with Crippen molar-refractivity contribution >= 4 is 22.7 Å².